The van der Waals surface area contributed by atoms with Gasteiger partial charge in [-0.05, 0) is 31.2 Å². The number of benzene rings is 1. The summed E-state index contributed by atoms with van der Waals surface area (Å²) in [7, 11) is 0. The molecule has 0 saturated carbocycles. The van der Waals surface area contributed by atoms with Crippen LogP contribution in [0.25, 0.3) is 0 Å². The van der Waals surface area contributed by atoms with E-state index in [1.54, 1.807) is 6.92 Å². The second-order valence-corrected chi connectivity index (χ2v) is 4.96. The number of carbonyl (C=O) groups excluding carboxylic acids is 3. The van der Waals surface area contributed by atoms with Gasteiger partial charge in [-0.2, -0.15) is 8.78 Å². The third-order valence-corrected chi connectivity index (χ3v) is 3.24. The summed E-state index contributed by atoms with van der Waals surface area (Å²) in [5, 5.41) is 4.81. The van der Waals surface area contributed by atoms with Crippen molar-refractivity contribution in [3.05, 3.63) is 41.1 Å². The number of amides is 2. The summed E-state index contributed by atoms with van der Waals surface area (Å²) >= 11 is 0. The molecule has 0 radical (unpaired) electrons. The van der Waals surface area contributed by atoms with Crippen LogP contribution in [0.2, 0.25) is 0 Å². The predicted molar refractivity (Wildman–Crippen MR) is 83.5 cm³/mol. The van der Waals surface area contributed by atoms with Crippen LogP contribution in [0.3, 0.4) is 0 Å². The molecular weight excluding hydrogens is 354 g/mol. The largest absolute Gasteiger partial charge is 0.463 e. The van der Waals surface area contributed by atoms with Crippen molar-refractivity contribution in [1.82, 2.24) is 10.6 Å². The van der Waals surface area contributed by atoms with Crippen molar-refractivity contribution in [2.75, 3.05) is 19.8 Å². The summed E-state index contributed by atoms with van der Waals surface area (Å²) in [5.74, 6) is -1.51. The fourth-order valence-electron chi connectivity index (χ4n) is 2.06. The van der Waals surface area contributed by atoms with Gasteiger partial charge in [0.25, 0.3) is 0 Å². The third-order valence-electron chi connectivity index (χ3n) is 3.24. The first-order valence-corrected chi connectivity index (χ1v) is 7.56. The number of alkyl halides is 2. The van der Waals surface area contributed by atoms with Crippen molar-refractivity contribution in [2.45, 2.75) is 13.5 Å². The maximum absolute atomic E-state index is 12.1. The van der Waals surface area contributed by atoms with Gasteiger partial charge in [-0.3, -0.25) is 0 Å². The summed E-state index contributed by atoms with van der Waals surface area (Å²) in [6.07, 6.45) is 0. The molecule has 0 unspecified atom stereocenters. The molecule has 10 heteroatoms. The number of carbonyl (C=O) groups is 3. The lowest BCUT2D eigenvalue weighted by Crippen LogP contribution is -2.45. The molecule has 0 spiro atoms. The molecule has 1 heterocycles. The Morgan fingerprint density at radius 2 is 1.85 bits per heavy atom. The van der Waals surface area contributed by atoms with Crippen LogP contribution in [-0.2, 0) is 14.3 Å². The molecule has 26 heavy (non-hydrogen) atoms. The van der Waals surface area contributed by atoms with Gasteiger partial charge in [0.05, 0.1) is 30.0 Å². The van der Waals surface area contributed by atoms with Gasteiger partial charge >= 0.3 is 24.6 Å². The van der Waals surface area contributed by atoms with Crippen LogP contribution in [0.5, 0.6) is 5.75 Å². The molecule has 1 aromatic carbocycles. The van der Waals surface area contributed by atoms with Crippen LogP contribution >= 0.6 is 0 Å². The van der Waals surface area contributed by atoms with Crippen LogP contribution in [0.15, 0.2) is 35.5 Å². The number of urea groups is 1. The summed E-state index contributed by atoms with van der Waals surface area (Å²) < 4.78 is 38.3. The topological polar surface area (TPSA) is 103 Å². The van der Waals surface area contributed by atoms with E-state index in [9.17, 15) is 23.2 Å². The number of halogens is 2. The van der Waals surface area contributed by atoms with Gasteiger partial charge in [0.1, 0.15) is 12.4 Å². The minimum absolute atomic E-state index is 0.0583. The molecule has 0 fully saturated rings. The molecular formula is C16H16F2N2O6. The number of rotatable bonds is 7. The van der Waals surface area contributed by atoms with E-state index < -0.39 is 24.6 Å². The molecule has 0 saturated heterocycles. The Bertz CT molecular complexity index is 718. The Balaban J connectivity index is 2.03. The van der Waals surface area contributed by atoms with E-state index in [0.29, 0.717) is 0 Å². The second-order valence-electron chi connectivity index (χ2n) is 4.96. The molecule has 1 aromatic rings. The first-order valence-electron chi connectivity index (χ1n) is 7.56. The highest BCUT2D eigenvalue weighted by Crippen LogP contribution is 2.16. The maximum Gasteiger partial charge on any atom is 0.387 e. The Labute approximate surface area is 147 Å². The normalized spacial score (nSPS) is 13.8. The van der Waals surface area contributed by atoms with Gasteiger partial charge in [-0.15, -0.1) is 0 Å². The molecule has 2 amide bonds. The Morgan fingerprint density at radius 1 is 1.15 bits per heavy atom. The number of ether oxygens (including phenoxy) is 3. The van der Waals surface area contributed by atoms with Crippen molar-refractivity contribution in [2.24, 2.45) is 0 Å². The smallest absolute Gasteiger partial charge is 0.387 e. The fourth-order valence-corrected chi connectivity index (χ4v) is 2.06. The van der Waals surface area contributed by atoms with Crippen molar-refractivity contribution in [3.8, 4) is 5.75 Å². The second kappa shape index (κ2) is 8.79. The van der Waals surface area contributed by atoms with Crippen molar-refractivity contribution >= 4 is 18.0 Å². The minimum atomic E-state index is -2.97. The van der Waals surface area contributed by atoms with E-state index in [1.165, 1.54) is 24.3 Å². The SMILES string of the molecule is CCOC(=O)C1=C(COC(=O)c2ccc(OC(F)F)cc2)NC(=O)NC1. The fraction of sp³-hybridized carbons (Fsp3) is 0.312. The predicted octanol–water partition coefficient (Wildman–Crippen LogP) is 1.57. The molecule has 0 aliphatic carbocycles. The monoisotopic (exact) mass is 370 g/mol. The standard InChI is InChI=1S/C16H16F2N2O6/c1-2-24-14(22)11-7-19-16(23)20-12(11)8-25-13(21)9-3-5-10(6-4-9)26-15(17)18/h3-6,15H,2,7-8H2,1H3,(H2,19,20,23). The number of hydrogen-bond donors (Lipinski definition) is 2. The Morgan fingerprint density at radius 3 is 2.46 bits per heavy atom. The van der Waals surface area contributed by atoms with Gasteiger partial charge in [0.2, 0.25) is 0 Å². The average molecular weight is 370 g/mol. The number of nitrogens with one attached hydrogen (secondary N) is 2. The van der Waals surface area contributed by atoms with E-state index in [4.69, 9.17) is 9.47 Å². The summed E-state index contributed by atoms with van der Waals surface area (Å²) in [6, 6.07) is 4.35. The zero-order valence-electron chi connectivity index (χ0n) is 13.7. The lowest BCUT2D eigenvalue weighted by Gasteiger charge is -2.21. The van der Waals surface area contributed by atoms with Crippen LogP contribution in [0, 0.1) is 0 Å². The summed E-state index contributed by atoms with van der Waals surface area (Å²) in [5.41, 5.74) is 0.336. The van der Waals surface area contributed by atoms with E-state index in [2.05, 4.69) is 15.4 Å². The van der Waals surface area contributed by atoms with Gasteiger partial charge in [-0.25, -0.2) is 14.4 Å². The van der Waals surface area contributed by atoms with Crippen LogP contribution in [-0.4, -0.2) is 44.3 Å². The van der Waals surface area contributed by atoms with E-state index in [0.717, 1.165) is 0 Å². The molecule has 140 valence electrons. The molecule has 2 N–H and O–H groups in total. The third kappa shape index (κ3) is 5.16. The Hall–Kier alpha value is -3.17. The molecule has 1 aliphatic heterocycles. The van der Waals surface area contributed by atoms with Gasteiger partial charge in [0, 0.05) is 0 Å². The van der Waals surface area contributed by atoms with Crippen LogP contribution in [0.1, 0.15) is 17.3 Å². The highest BCUT2D eigenvalue weighted by molar-refractivity contribution is 5.94. The van der Waals surface area contributed by atoms with E-state index in [-0.39, 0.29) is 42.3 Å². The van der Waals surface area contributed by atoms with Crippen LogP contribution < -0.4 is 15.4 Å². The average Bonchev–Trinajstić information content (AvgIpc) is 2.60. The number of esters is 2. The van der Waals surface area contributed by atoms with Gasteiger partial charge in [0.15, 0.2) is 0 Å². The van der Waals surface area contributed by atoms with Gasteiger partial charge in [-0.1, -0.05) is 0 Å². The number of hydrogen-bond acceptors (Lipinski definition) is 6. The lowest BCUT2D eigenvalue weighted by atomic mass is 10.1. The molecule has 8 nitrogen and oxygen atoms in total. The summed E-state index contributed by atoms with van der Waals surface area (Å²) in [4.78, 5) is 35.3. The van der Waals surface area contributed by atoms with E-state index >= 15 is 0 Å². The quantitative estimate of drug-likeness (QED) is 0.707. The molecule has 0 aromatic heterocycles. The highest BCUT2D eigenvalue weighted by atomic mass is 19.3. The van der Waals surface area contributed by atoms with Crippen LogP contribution in [0.4, 0.5) is 13.6 Å². The minimum Gasteiger partial charge on any atom is -0.463 e. The first kappa shape index (κ1) is 19.2. The van der Waals surface area contributed by atoms with Crippen molar-refractivity contribution in [3.63, 3.8) is 0 Å². The maximum atomic E-state index is 12.1. The molecule has 2 rings (SSSR count). The van der Waals surface area contributed by atoms with Crippen molar-refractivity contribution in [1.29, 1.82) is 0 Å². The molecule has 0 bridgehead atoms. The van der Waals surface area contributed by atoms with Crippen molar-refractivity contribution < 1.29 is 37.4 Å². The molecule has 1 aliphatic rings. The molecule has 0 atom stereocenters. The zero-order valence-corrected chi connectivity index (χ0v) is 13.7. The first-order chi connectivity index (χ1) is 12.4. The van der Waals surface area contributed by atoms with E-state index in [1.807, 2.05) is 0 Å². The zero-order chi connectivity index (χ0) is 19.1. The Kier molecular flexibility index (Phi) is 6.48. The highest BCUT2D eigenvalue weighted by Gasteiger charge is 2.24. The van der Waals surface area contributed by atoms with Gasteiger partial charge < -0.3 is 24.8 Å². The lowest BCUT2D eigenvalue weighted by molar-refractivity contribution is -0.138. The summed E-state index contributed by atoms with van der Waals surface area (Å²) in [6.45, 7) is -1.61.